The largest absolute Gasteiger partial charge is 0.416 e. The number of fused-ring (bicyclic) bond motifs is 1. The molecular formula is C22H27F3N2O2S. The Morgan fingerprint density at radius 2 is 1.67 bits per heavy atom. The molecule has 3 rings (SSSR count). The summed E-state index contributed by atoms with van der Waals surface area (Å²) in [6.45, 7) is 3.64. The van der Waals surface area contributed by atoms with Gasteiger partial charge in [-0.1, -0.05) is 24.3 Å². The van der Waals surface area contributed by atoms with Gasteiger partial charge in [0.05, 0.1) is 10.8 Å². The molecule has 0 spiro atoms. The van der Waals surface area contributed by atoms with Gasteiger partial charge in [-0.3, -0.25) is 0 Å². The molecule has 0 radical (unpaired) electrons. The van der Waals surface area contributed by atoms with Crippen LogP contribution in [0, 0.1) is 0 Å². The van der Waals surface area contributed by atoms with E-state index >= 15 is 0 Å². The Morgan fingerprint density at radius 1 is 1.00 bits per heavy atom. The van der Waals surface area contributed by atoms with Crippen LogP contribution in [-0.2, 0) is 42.0 Å². The molecule has 164 valence electrons. The first-order valence-electron chi connectivity index (χ1n) is 9.94. The first kappa shape index (κ1) is 22.8. The standard InChI is InChI=1S/C22H27F3N2O2S/c1-14(2)30(28,29)27-21-11-18-5-4-15(8-19(18)12-21)6-16-7-17(13-26-3)10-20(9-16)22(23,24)25/h4-5,7-10,14,21,26-27H,6,11-13H2,1-3H3/t21-/m0/s1. The number of benzene rings is 2. The second-order valence-corrected chi connectivity index (χ2v) is 10.4. The van der Waals surface area contributed by atoms with E-state index in [-0.39, 0.29) is 6.04 Å². The normalized spacial score (nSPS) is 16.8. The van der Waals surface area contributed by atoms with Gasteiger partial charge in [-0.05, 0) is 80.1 Å². The zero-order valence-electron chi connectivity index (χ0n) is 17.3. The highest BCUT2D eigenvalue weighted by molar-refractivity contribution is 7.90. The number of alkyl halides is 3. The van der Waals surface area contributed by atoms with E-state index in [9.17, 15) is 21.6 Å². The third-order valence-corrected chi connectivity index (χ3v) is 7.23. The summed E-state index contributed by atoms with van der Waals surface area (Å²) < 4.78 is 66.8. The molecule has 0 bridgehead atoms. The topological polar surface area (TPSA) is 58.2 Å². The number of nitrogens with one attached hydrogen (secondary N) is 2. The summed E-state index contributed by atoms with van der Waals surface area (Å²) >= 11 is 0. The minimum absolute atomic E-state index is 0.182. The van der Waals surface area contributed by atoms with Crippen LogP contribution in [-0.4, -0.2) is 26.8 Å². The van der Waals surface area contributed by atoms with Gasteiger partial charge in [-0.25, -0.2) is 13.1 Å². The van der Waals surface area contributed by atoms with Gasteiger partial charge in [0.25, 0.3) is 0 Å². The molecule has 1 atom stereocenters. The molecule has 1 aliphatic rings. The van der Waals surface area contributed by atoms with Crippen LogP contribution in [0.2, 0.25) is 0 Å². The molecule has 0 fully saturated rings. The van der Waals surface area contributed by atoms with Gasteiger partial charge >= 0.3 is 6.18 Å². The summed E-state index contributed by atoms with van der Waals surface area (Å²) in [6, 6.07) is 9.83. The molecule has 2 N–H and O–H groups in total. The van der Waals surface area contributed by atoms with E-state index in [4.69, 9.17) is 0 Å². The van der Waals surface area contributed by atoms with E-state index in [1.54, 1.807) is 27.0 Å². The number of rotatable bonds is 7. The fourth-order valence-electron chi connectivity index (χ4n) is 3.80. The molecule has 0 unspecified atom stereocenters. The molecule has 8 heteroatoms. The molecule has 0 saturated carbocycles. The third-order valence-electron chi connectivity index (χ3n) is 5.32. The van der Waals surface area contributed by atoms with Crippen molar-refractivity contribution in [3.05, 3.63) is 69.8 Å². The van der Waals surface area contributed by atoms with Crippen molar-refractivity contribution in [3.8, 4) is 0 Å². The van der Waals surface area contributed by atoms with E-state index < -0.39 is 27.0 Å². The summed E-state index contributed by atoms with van der Waals surface area (Å²) in [5.74, 6) is 0. The van der Waals surface area contributed by atoms with Gasteiger partial charge in [0.2, 0.25) is 10.0 Å². The quantitative estimate of drug-likeness (QED) is 0.689. The highest BCUT2D eigenvalue weighted by Crippen LogP contribution is 2.32. The molecule has 4 nitrogen and oxygen atoms in total. The van der Waals surface area contributed by atoms with Crippen molar-refractivity contribution in [3.63, 3.8) is 0 Å². The smallest absolute Gasteiger partial charge is 0.316 e. The number of hydrogen-bond acceptors (Lipinski definition) is 3. The van der Waals surface area contributed by atoms with E-state index in [0.717, 1.165) is 16.7 Å². The highest BCUT2D eigenvalue weighted by Gasteiger charge is 2.31. The predicted molar refractivity (Wildman–Crippen MR) is 112 cm³/mol. The average Bonchev–Trinajstić information content (AvgIpc) is 3.01. The van der Waals surface area contributed by atoms with Gasteiger partial charge in [-0.2, -0.15) is 13.2 Å². The summed E-state index contributed by atoms with van der Waals surface area (Å²) in [5.41, 5.74) is 3.59. The van der Waals surface area contributed by atoms with Gasteiger partial charge in [0, 0.05) is 12.6 Å². The summed E-state index contributed by atoms with van der Waals surface area (Å²) in [5, 5.41) is 2.40. The van der Waals surface area contributed by atoms with E-state index in [1.807, 2.05) is 18.2 Å². The Kier molecular flexibility index (Phi) is 6.60. The maximum Gasteiger partial charge on any atom is 0.416 e. The minimum atomic E-state index is -4.39. The van der Waals surface area contributed by atoms with Crippen molar-refractivity contribution in [2.45, 2.75) is 57.1 Å². The predicted octanol–water partition coefficient (Wildman–Crippen LogP) is 3.81. The third kappa shape index (κ3) is 5.42. The molecule has 1 aliphatic carbocycles. The molecule has 30 heavy (non-hydrogen) atoms. The van der Waals surface area contributed by atoms with Crippen molar-refractivity contribution in [2.24, 2.45) is 0 Å². The van der Waals surface area contributed by atoms with Crippen molar-refractivity contribution in [1.82, 2.24) is 10.0 Å². The highest BCUT2D eigenvalue weighted by atomic mass is 32.2. The molecular weight excluding hydrogens is 413 g/mol. The zero-order valence-corrected chi connectivity index (χ0v) is 18.1. The second-order valence-electron chi connectivity index (χ2n) is 8.16. The van der Waals surface area contributed by atoms with Crippen LogP contribution in [0.4, 0.5) is 13.2 Å². The Balaban J connectivity index is 1.79. The SMILES string of the molecule is CNCc1cc(Cc2ccc3c(c2)C[C@@H](NS(=O)(=O)C(C)C)C3)cc(C(F)(F)F)c1. The molecule has 2 aromatic rings. The number of halogens is 3. The lowest BCUT2D eigenvalue weighted by molar-refractivity contribution is -0.137. The van der Waals surface area contributed by atoms with Crippen LogP contribution >= 0.6 is 0 Å². The van der Waals surface area contributed by atoms with E-state index in [0.29, 0.717) is 36.9 Å². The van der Waals surface area contributed by atoms with E-state index in [1.165, 1.54) is 12.1 Å². The van der Waals surface area contributed by atoms with Crippen molar-refractivity contribution >= 4 is 10.0 Å². The fourth-order valence-corrected chi connectivity index (χ4v) is 4.71. The molecule has 0 heterocycles. The van der Waals surface area contributed by atoms with Crippen LogP contribution in [0.15, 0.2) is 36.4 Å². The average molecular weight is 441 g/mol. The van der Waals surface area contributed by atoms with E-state index in [2.05, 4.69) is 10.0 Å². The summed E-state index contributed by atoms with van der Waals surface area (Å²) in [6.07, 6.45) is -2.80. The Labute approximate surface area is 175 Å². The molecule has 0 amide bonds. The number of hydrogen-bond donors (Lipinski definition) is 2. The molecule has 0 aliphatic heterocycles. The lowest BCUT2D eigenvalue weighted by atomic mass is 9.97. The van der Waals surface area contributed by atoms with Crippen LogP contribution < -0.4 is 10.0 Å². The van der Waals surface area contributed by atoms with Gasteiger partial charge in [0.15, 0.2) is 0 Å². The first-order chi connectivity index (χ1) is 14.0. The monoisotopic (exact) mass is 440 g/mol. The molecule has 2 aromatic carbocycles. The maximum atomic E-state index is 13.3. The van der Waals surface area contributed by atoms with Gasteiger partial charge in [0.1, 0.15) is 0 Å². The molecule has 0 aromatic heterocycles. The minimum Gasteiger partial charge on any atom is -0.316 e. The van der Waals surface area contributed by atoms with Gasteiger partial charge in [-0.15, -0.1) is 0 Å². The van der Waals surface area contributed by atoms with Crippen LogP contribution in [0.5, 0.6) is 0 Å². The lowest BCUT2D eigenvalue weighted by Gasteiger charge is -2.14. The zero-order chi connectivity index (χ0) is 22.1. The van der Waals surface area contributed by atoms with Gasteiger partial charge < -0.3 is 5.32 Å². The lowest BCUT2D eigenvalue weighted by Crippen LogP contribution is -2.39. The summed E-state index contributed by atoms with van der Waals surface area (Å²) in [4.78, 5) is 0. The van der Waals surface area contributed by atoms with Crippen LogP contribution in [0.25, 0.3) is 0 Å². The number of sulfonamides is 1. The molecule has 0 saturated heterocycles. The Hall–Kier alpha value is -1.90. The summed E-state index contributed by atoms with van der Waals surface area (Å²) in [7, 11) is -1.65. The van der Waals surface area contributed by atoms with Crippen molar-refractivity contribution in [2.75, 3.05) is 7.05 Å². The Bertz CT molecular complexity index is 1020. The first-order valence-corrected chi connectivity index (χ1v) is 11.5. The fraction of sp³-hybridized carbons (Fsp3) is 0.455. The van der Waals surface area contributed by atoms with Crippen LogP contribution in [0.1, 0.15) is 47.2 Å². The van der Waals surface area contributed by atoms with Crippen LogP contribution in [0.3, 0.4) is 0 Å². The Morgan fingerprint density at radius 3 is 2.30 bits per heavy atom. The second kappa shape index (κ2) is 8.69. The van der Waals surface area contributed by atoms with Crippen molar-refractivity contribution < 1.29 is 21.6 Å². The van der Waals surface area contributed by atoms with Crippen molar-refractivity contribution in [1.29, 1.82) is 0 Å². The maximum absolute atomic E-state index is 13.3.